The summed E-state index contributed by atoms with van der Waals surface area (Å²) in [6, 6.07) is 2.63. The highest BCUT2D eigenvalue weighted by Crippen LogP contribution is 2.35. The minimum Gasteiger partial charge on any atom is -0.493 e. The molecular formula is C17H24N2O6. The third kappa shape index (κ3) is 4.39. The van der Waals surface area contributed by atoms with Crippen LogP contribution in [0.3, 0.4) is 0 Å². The van der Waals surface area contributed by atoms with Crippen molar-refractivity contribution in [3.8, 4) is 11.5 Å². The molecule has 1 unspecified atom stereocenters. The number of nitro benzene ring substituents is 1. The number of carbonyl (C=O) groups is 1. The maximum absolute atomic E-state index is 12.9. The van der Waals surface area contributed by atoms with Gasteiger partial charge in [-0.15, -0.1) is 0 Å². The van der Waals surface area contributed by atoms with E-state index in [1.807, 2.05) is 6.92 Å². The van der Waals surface area contributed by atoms with E-state index in [4.69, 9.17) is 14.2 Å². The molecule has 0 aromatic heterocycles. The zero-order valence-electron chi connectivity index (χ0n) is 14.8. The van der Waals surface area contributed by atoms with Crippen molar-refractivity contribution in [3.63, 3.8) is 0 Å². The molecule has 8 heteroatoms. The summed E-state index contributed by atoms with van der Waals surface area (Å²) in [5, 5.41) is 11.4. The van der Waals surface area contributed by atoms with Crippen molar-refractivity contribution >= 4 is 11.6 Å². The van der Waals surface area contributed by atoms with Crippen LogP contribution in [0.25, 0.3) is 0 Å². The normalized spacial score (nSPS) is 17.2. The fraction of sp³-hybridized carbons (Fsp3) is 0.588. The fourth-order valence-electron chi connectivity index (χ4n) is 2.96. The van der Waals surface area contributed by atoms with Crippen molar-refractivity contribution in [2.75, 3.05) is 33.4 Å². The first-order valence-corrected chi connectivity index (χ1v) is 8.41. The van der Waals surface area contributed by atoms with Crippen LogP contribution in [-0.4, -0.2) is 55.2 Å². The summed E-state index contributed by atoms with van der Waals surface area (Å²) >= 11 is 0. The molecule has 0 radical (unpaired) electrons. The predicted octanol–water partition coefficient (Wildman–Crippen LogP) is 2.64. The molecule has 1 aromatic carbocycles. The molecule has 1 atom stereocenters. The van der Waals surface area contributed by atoms with Crippen LogP contribution >= 0.6 is 0 Å². The van der Waals surface area contributed by atoms with E-state index >= 15 is 0 Å². The Hall–Kier alpha value is -2.35. The molecule has 1 heterocycles. The molecule has 25 heavy (non-hydrogen) atoms. The van der Waals surface area contributed by atoms with E-state index in [0.29, 0.717) is 32.1 Å². The average molecular weight is 352 g/mol. The molecule has 1 saturated heterocycles. The molecule has 0 saturated carbocycles. The van der Waals surface area contributed by atoms with E-state index < -0.39 is 10.8 Å². The number of hydrogen-bond donors (Lipinski definition) is 0. The van der Waals surface area contributed by atoms with Crippen LogP contribution in [0.1, 0.15) is 37.0 Å². The lowest BCUT2D eigenvalue weighted by atomic mass is 10.1. The van der Waals surface area contributed by atoms with Gasteiger partial charge in [-0.3, -0.25) is 14.9 Å². The van der Waals surface area contributed by atoms with Gasteiger partial charge in [0.2, 0.25) is 0 Å². The second-order valence-corrected chi connectivity index (χ2v) is 5.68. The minimum atomic E-state index is -0.570. The number of likely N-dealkylation sites (tertiary alicyclic amines) is 1. The number of methoxy groups -OCH3 is 1. The van der Waals surface area contributed by atoms with Gasteiger partial charge in [-0.25, -0.2) is 0 Å². The van der Waals surface area contributed by atoms with Crippen molar-refractivity contribution in [1.29, 1.82) is 0 Å². The second kappa shape index (κ2) is 8.66. The van der Waals surface area contributed by atoms with Crippen LogP contribution in [0.5, 0.6) is 11.5 Å². The van der Waals surface area contributed by atoms with Gasteiger partial charge >= 0.3 is 0 Å². The number of piperidine rings is 1. The lowest BCUT2D eigenvalue weighted by Gasteiger charge is -2.32. The van der Waals surface area contributed by atoms with Crippen LogP contribution in [0.4, 0.5) is 5.69 Å². The average Bonchev–Trinajstić information content (AvgIpc) is 2.61. The zero-order chi connectivity index (χ0) is 18.4. The number of benzene rings is 1. The molecular weight excluding hydrogens is 328 g/mol. The summed E-state index contributed by atoms with van der Waals surface area (Å²) in [7, 11) is 1.43. The second-order valence-electron chi connectivity index (χ2n) is 5.68. The Kier molecular flexibility index (Phi) is 6.58. The van der Waals surface area contributed by atoms with Gasteiger partial charge < -0.3 is 19.1 Å². The standard InChI is InChI=1S/C17H24N2O6/c1-4-24-12-7-6-8-18(11-12)17(20)13-9-15(23-3)16(25-5-2)10-14(13)19(21)22/h9-10,12H,4-8,11H2,1-3H3. The first-order valence-electron chi connectivity index (χ1n) is 8.41. The first kappa shape index (κ1) is 19.0. The van der Waals surface area contributed by atoms with Crippen molar-refractivity contribution in [2.45, 2.75) is 32.8 Å². The smallest absolute Gasteiger partial charge is 0.286 e. The summed E-state index contributed by atoms with van der Waals surface area (Å²) < 4.78 is 16.2. The van der Waals surface area contributed by atoms with E-state index in [2.05, 4.69) is 0 Å². The Morgan fingerprint density at radius 2 is 2.08 bits per heavy atom. The molecule has 1 amide bonds. The van der Waals surface area contributed by atoms with E-state index in [1.165, 1.54) is 19.2 Å². The van der Waals surface area contributed by atoms with Gasteiger partial charge in [-0.1, -0.05) is 0 Å². The monoisotopic (exact) mass is 352 g/mol. The van der Waals surface area contributed by atoms with Crippen LogP contribution in [0.2, 0.25) is 0 Å². The van der Waals surface area contributed by atoms with Crippen LogP contribution < -0.4 is 9.47 Å². The van der Waals surface area contributed by atoms with Gasteiger partial charge in [-0.2, -0.15) is 0 Å². The SMILES string of the molecule is CCOc1cc([N+](=O)[O-])c(C(=O)N2CCCC(OCC)C2)cc1OC. The van der Waals surface area contributed by atoms with E-state index in [9.17, 15) is 14.9 Å². The fourth-order valence-corrected chi connectivity index (χ4v) is 2.96. The molecule has 0 aliphatic carbocycles. The number of amides is 1. The third-order valence-electron chi connectivity index (χ3n) is 4.08. The molecule has 2 rings (SSSR count). The maximum Gasteiger partial charge on any atom is 0.286 e. The minimum absolute atomic E-state index is 0.00227. The summed E-state index contributed by atoms with van der Waals surface area (Å²) in [5.41, 5.74) is -0.282. The molecule has 1 aromatic rings. The molecule has 1 aliphatic heterocycles. The molecule has 138 valence electrons. The number of rotatable bonds is 7. The molecule has 8 nitrogen and oxygen atoms in total. The van der Waals surface area contributed by atoms with E-state index in [-0.39, 0.29) is 23.1 Å². The van der Waals surface area contributed by atoms with E-state index in [0.717, 1.165) is 12.8 Å². The number of nitrogens with zero attached hydrogens (tertiary/aromatic N) is 2. The van der Waals surface area contributed by atoms with Crippen LogP contribution in [0, 0.1) is 10.1 Å². The molecule has 1 fully saturated rings. The first-order chi connectivity index (χ1) is 12.0. The van der Waals surface area contributed by atoms with Gasteiger partial charge in [0.05, 0.1) is 30.8 Å². The third-order valence-corrected chi connectivity index (χ3v) is 4.08. The quantitative estimate of drug-likeness (QED) is 0.553. The lowest BCUT2D eigenvalue weighted by molar-refractivity contribution is -0.385. The van der Waals surface area contributed by atoms with Crippen LogP contribution in [-0.2, 0) is 4.74 Å². The lowest BCUT2D eigenvalue weighted by Crippen LogP contribution is -2.43. The largest absolute Gasteiger partial charge is 0.493 e. The Balaban J connectivity index is 2.35. The van der Waals surface area contributed by atoms with Gasteiger partial charge in [0, 0.05) is 25.8 Å². The number of hydrogen-bond acceptors (Lipinski definition) is 6. The summed E-state index contributed by atoms with van der Waals surface area (Å²) in [4.78, 5) is 25.4. The molecule has 0 bridgehead atoms. The molecule has 0 N–H and O–H groups in total. The highest BCUT2D eigenvalue weighted by atomic mass is 16.6. The summed E-state index contributed by atoms with van der Waals surface area (Å²) in [6.07, 6.45) is 1.65. The Morgan fingerprint density at radius 3 is 2.68 bits per heavy atom. The van der Waals surface area contributed by atoms with Crippen molar-refractivity contribution in [2.24, 2.45) is 0 Å². The maximum atomic E-state index is 12.9. The molecule has 0 spiro atoms. The zero-order valence-corrected chi connectivity index (χ0v) is 14.8. The highest BCUT2D eigenvalue weighted by molar-refractivity contribution is 5.99. The van der Waals surface area contributed by atoms with E-state index in [1.54, 1.807) is 11.8 Å². The van der Waals surface area contributed by atoms with Crippen molar-refractivity contribution < 1.29 is 23.9 Å². The topological polar surface area (TPSA) is 91.1 Å². The Labute approximate surface area is 146 Å². The Morgan fingerprint density at radius 1 is 1.32 bits per heavy atom. The number of ether oxygens (including phenoxy) is 3. The van der Waals surface area contributed by atoms with Gasteiger partial charge in [0.15, 0.2) is 11.5 Å². The number of nitro groups is 1. The van der Waals surface area contributed by atoms with Crippen molar-refractivity contribution in [3.05, 3.63) is 27.8 Å². The Bertz CT molecular complexity index is 632. The summed E-state index contributed by atoms with van der Waals surface area (Å²) in [5.74, 6) is 0.158. The van der Waals surface area contributed by atoms with Gasteiger partial charge in [0.1, 0.15) is 5.56 Å². The number of carbonyl (C=O) groups excluding carboxylic acids is 1. The summed E-state index contributed by atoms with van der Waals surface area (Å²) in [6.45, 7) is 5.57. The van der Waals surface area contributed by atoms with Gasteiger partial charge in [-0.05, 0) is 26.7 Å². The van der Waals surface area contributed by atoms with Gasteiger partial charge in [0.25, 0.3) is 11.6 Å². The van der Waals surface area contributed by atoms with Crippen LogP contribution in [0.15, 0.2) is 12.1 Å². The predicted molar refractivity (Wildman–Crippen MR) is 91.4 cm³/mol. The molecule has 1 aliphatic rings. The van der Waals surface area contributed by atoms with Crippen molar-refractivity contribution in [1.82, 2.24) is 4.90 Å². The highest BCUT2D eigenvalue weighted by Gasteiger charge is 2.31.